The Morgan fingerprint density at radius 1 is 1.07 bits per heavy atom. The second kappa shape index (κ2) is 9.36. The van der Waals surface area contributed by atoms with Crippen molar-refractivity contribution in [3.8, 4) is 0 Å². The molecular weight excluding hydrogens is 373 g/mol. The van der Waals surface area contributed by atoms with Gasteiger partial charge in [-0.2, -0.15) is 13.2 Å². The Balaban J connectivity index is 2.11. The van der Waals surface area contributed by atoms with Crippen molar-refractivity contribution in [2.75, 3.05) is 19.0 Å². The number of ether oxygens (including phenoxy) is 1. The Hall–Kier alpha value is -2.87. The van der Waals surface area contributed by atoms with Crippen molar-refractivity contribution in [1.82, 2.24) is 4.90 Å². The van der Waals surface area contributed by atoms with Gasteiger partial charge in [-0.3, -0.25) is 9.59 Å². The van der Waals surface area contributed by atoms with Crippen LogP contribution in [-0.2, 0) is 22.7 Å². The summed E-state index contributed by atoms with van der Waals surface area (Å²) in [5.41, 5.74) is 2.18. The van der Waals surface area contributed by atoms with Crippen LogP contribution < -0.4 is 5.32 Å². The van der Waals surface area contributed by atoms with E-state index in [0.717, 1.165) is 5.56 Å². The number of hydrogen-bond donors (Lipinski definition) is 1. The molecule has 0 radical (unpaired) electrons. The molecule has 1 N–H and O–H groups in total. The molecule has 0 fully saturated rings. The highest BCUT2D eigenvalue weighted by molar-refractivity contribution is 6.04. The number of benzene rings is 2. The first kappa shape index (κ1) is 21.4. The molecule has 0 aliphatic rings. The van der Waals surface area contributed by atoms with Crippen LogP contribution in [0.1, 0.15) is 28.4 Å². The molecule has 0 heterocycles. The zero-order valence-corrected chi connectivity index (χ0v) is 15.5. The van der Waals surface area contributed by atoms with Crippen molar-refractivity contribution in [3.63, 3.8) is 0 Å². The van der Waals surface area contributed by atoms with Crippen molar-refractivity contribution in [2.45, 2.75) is 26.3 Å². The SMILES string of the molecule is CCN(Cc1cccc(NC(=O)c2cccc(COC)c2)c1)C(=O)C(F)(F)F. The highest BCUT2D eigenvalue weighted by Crippen LogP contribution is 2.21. The molecule has 28 heavy (non-hydrogen) atoms. The molecule has 0 bridgehead atoms. The van der Waals surface area contributed by atoms with E-state index in [1.54, 1.807) is 49.6 Å². The van der Waals surface area contributed by atoms with Gasteiger partial charge in [-0.25, -0.2) is 0 Å². The third-order valence-electron chi connectivity index (χ3n) is 3.97. The molecule has 2 rings (SSSR count). The van der Waals surface area contributed by atoms with Crippen LogP contribution in [0.4, 0.5) is 18.9 Å². The smallest absolute Gasteiger partial charge is 0.380 e. The van der Waals surface area contributed by atoms with E-state index in [-0.39, 0.29) is 19.0 Å². The zero-order chi connectivity index (χ0) is 20.7. The van der Waals surface area contributed by atoms with E-state index in [0.29, 0.717) is 28.3 Å². The number of methoxy groups -OCH3 is 1. The summed E-state index contributed by atoms with van der Waals surface area (Å²) in [5.74, 6) is -2.24. The minimum absolute atomic E-state index is 0.0821. The lowest BCUT2D eigenvalue weighted by atomic mass is 10.1. The fourth-order valence-electron chi connectivity index (χ4n) is 2.65. The lowest BCUT2D eigenvalue weighted by Crippen LogP contribution is -2.40. The summed E-state index contributed by atoms with van der Waals surface area (Å²) in [6, 6.07) is 13.3. The van der Waals surface area contributed by atoms with Gasteiger partial charge in [0.05, 0.1) is 6.61 Å². The highest BCUT2D eigenvalue weighted by atomic mass is 19.4. The number of carbonyl (C=O) groups excluding carboxylic acids is 2. The fraction of sp³-hybridized carbons (Fsp3) is 0.300. The maximum absolute atomic E-state index is 12.7. The summed E-state index contributed by atoms with van der Waals surface area (Å²) in [7, 11) is 1.56. The van der Waals surface area contributed by atoms with Crippen LogP contribution in [0.25, 0.3) is 0 Å². The van der Waals surface area contributed by atoms with Crippen molar-refractivity contribution >= 4 is 17.5 Å². The van der Waals surface area contributed by atoms with Crippen molar-refractivity contribution in [3.05, 3.63) is 65.2 Å². The van der Waals surface area contributed by atoms with Gasteiger partial charge in [0.15, 0.2) is 0 Å². The first-order chi connectivity index (χ1) is 13.2. The summed E-state index contributed by atoms with van der Waals surface area (Å²) >= 11 is 0. The van der Waals surface area contributed by atoms with Crippen molar-refractivity contribution in [2.24, 2.45) is 0 Å². The van der Waals surface area contributed by atoms with E-state index in [4.69, 9.17) is 4.74 Å². The third kappa shape index (κ3) is 5.82. The summed E-state index contributed by atoms with van der Waals surface area (Å²) in [6.45, 7) is 1.56. The Kier molecular flexibility index (Phi) is 7.17. The molecular formula is C20H21F3N2O3. The normalized spacial score (nSPS) is 11.2. The molecule has 0 saturated heterocycles. The first-order valence-corrected chi connectivity index (χ1v) is 8.59. The Bertz CT molecular complexity index is 837. The molecule has 0 aliphatic heterocycles. The summed E-state index contributed by atoms with van der Waals surface area (Å²) in [6.07, 6.45) is -4.92. The standard InChI is InChI=1S/C20H21F3N2O3/c1-3-25(19(27)20(21,22)23)12-14-6-5-9-17(11-14)24-18(26)16-8-4-7-15(10-16)13-28-2/h4-11H,3,12-13H2,1-2H3,(H,24,26). The van der Waals surface area contributed by atoms with Gasteiger partial charge in [0.25, 0.3) is 5.91 Å². The van der Waals surface area contributed by atoms with Crippen molar-refractivity contribution in [1.29, 1.82) is 0 Å². The van der Waals surface area contributed by atoms with Crippen LogP contribution in [-0.4, -0.2) is 36.5 Å². The van der Waals surface area contributed by atoms with Crippen LogP contribution >= 0.6 is 0 Å². The Morgan fingerprint density at radius 3 is 2.39 bits per heavy atom. The lowest BCUT2D eigenvalue weighted by Gasteiger charge is -2.22. The van der Waals surface area contributed by atoms with Gasteiger partial charge in [-0.15, -0.1) is 0 Å². The molecule has 2 amide bonds. The van der Waals surface area contributed by atoms with E-state index in [1.807, 2.05) is 6.07 Å². The number of carbonyl (C=O) groups is 2. The predicted molar refractivity (Wildman–Crippen MR) is 98.7 cm³/mol. The maximum Gasteiger partial charge on any atom is 0.471 e. The molecule has 0 saturated carbocycles. The van der Waals surface area contributed by atoms with E-state index in [9.17, 15) is 22.8 Å². The van der Waals surface area contributed by atoms with Gasteiger partial charge in [0.1, 0.15) is 0 Å². The quantitative estimate of drug-likeness (QED) is 0.772. The number of alkyl halides is 3. The van der Waals surface area contributed by atoms with Crippen molar-refractivity contribution < 1.29 is 27.5 Å². The van der Waals surface area contributed by atoms with Gasteiger partial charge in [0, 0.05) is 31.5 Å². The Labute approximate surface area is 161 Å². The molecule has 8 heteroatoms. The number of hydrogen-bond acceptors (Lipinski definition) is 3. The fourth-order valence-corrected chi connectivity index (χ4v) is 2.65. The molecule has 0 unspecified atom stereocenters. The molecule has 0 atom stereocenters. The van der Waals surface area contributed by atoms with Crippen LogP contribution in [0.2, 0.25) is 0 Å². The van der Waals surface area contributed by atoms with E-state index in [2.05, 4.69) is 5.32 Å². The zero-order valence-electron chi connectivity index (χ0n) is 15.5. The molecule has 2 aromatic carbocycles. The highest BCUT2D eigenvalue weighted by Gasteiger charge is 2.41. The average Bonchev–Trinajstić information content (AvgIpc) is 2.65. The summed E-state index contributed by atoms with van der Waals surface area (Å²) in [4.78, 5) is 24.6. The summed E-state index contributed by atoms with van der Waals surface area (Å²) < 4.78 is 43.0. The second-order valence-corrected chi connectivity index (χ2v) is 6.10. The predicted octanol–water partition coefficient (Wildman–Crippen LogP) is 4.00. The topological polar surface area (TPSA) is 58.6 Å². The number of rotatable bonds is 7. The van der Waals surface area contributed by atoms with Gasteiger partial charge in [0.2, 0.25) is 0 Å². The van der Waals surface area contributed by atoms with Crippen LogP contribution in [0, 0.1) is 0 Å². The molecule has 5 nitrogen and oxygen atoms in total. The van der Waals surface area contributed by atoms with Crippen LogP contribution in [0.3, 0.4) is 0 Å². The number of nitrogens with zero attached hydrogens (tertiary/aromatic N) is 1. The molecule has 2 aromatic rings. The maximum atomic E-state index is 12.7. The van der Waals surface area contributed by atoms with E-state index in [1.165, 1.54) is 6.92 Å². The monoisotopic (exact) mass is 394 g/mol. The number of anilines is 1. The Morgan fingerprint density at radius 2 is 1.75 bits per heavy atom. The minimum atomic E-state index is -4.92. The third-order valence-corrected chi connectivity index (χ3v) is 3.97. The first-order valence-electron chi connectivity index (χ1n) is 8.59. The van der Waals surface area contributed by atoms with Gasteiger partial charge in [-0.05, 0) is 42.3 Å². The van der Waals surface area contributed by atoms with E-state index >= 15 is 0 Å². The van der Waals surface area contributed by atoms with E-state index < -0.39 is 12.1 Å². The largest absolute Gasteiger partial charge is 0.471 e. The molecule has 0 spiro atoms. The number of halogens is 3. The van der Waals surface area contributed by atoms with Crippen LogP contribution in [0.15, 0.2) is 48.5 Å². The lowest BCUT2D eigenvalue weighted by molar-refractivity contribution is -0.185. The molecule has 150 valence electrons. The molecule has 0 aromatic heterocycles. The minimum Gasteiger partial charge on any atom is -0.380 e. The number of amides is 2. The van der Waals surface area contributed by atoms with Gasteiger partial charge in [-0.1, -0.05) is 24.3 Å². The second-order valence-electron chi connectivity index (χ2n) is 6.10. The molecule has 0 aliphatic carbocycles. The van der Waals surface area contributed by atoms with Crippen LogP contribution in [0.5, 0.6) is 0 Å². The summed E-state index contributed by atoms with van der Waals surface area (Å²) in [5, 5.41) is 2.71. The average molecular weight is 394 g/mol. The number of nitrogens with one attached hydrogen (secondary N) is 1. The van der Waals surface area contributed by atoms with Gasteiger partial charge < -0.3 is 15.0 Å². The van der Waals surface area contributed by atoms with Gasteiger partial charge >= 0.3 is 12.1 Å².